The van der Waals surface area contributed by atoms with E-state index in [1.165, 1.54) is 0 Å². The Kier molecular flexibility index (Phi) is 6.50. The van der Waals surface area contributed by atoms with Gasteiger partial charge < -0.3 is 14.8 Å². The zero-order valence-corrected chi connectivity index (χ0v) is 14.8. The first-order valence-electron chi connectivity index (χ1n) is 7.90. The molecule has 0 fully saturated rings. The summed E-state index contributed by atoms with van der Waals surface area (Å²) >= 11 is 5.84. The van der Waals surface area contributed by atoms with Crippen LogP contribution in [0.2, 0.25) is 5.02 Å². The van der Waals surface area contributed by atoms with E-state index in [9.17, 15) is 4.79 Å². The van der Waals surface area contributed by atoms with E-state index in [-0.39, 0.29) is 11.9 Å². The third-order valence-corrected chi connectivity index (χ3v) is 3.99. The van der Waals surface area contributed by atoms with Crippen LogP contribution in [0, 0.1) is 0 Å². The minimum absolute atomic E-state index is 0.0697. The zero-order valence-electron chi connectivity index (χ0n) is 14.1. The van der Waals surface area contributed by atoms with E-state index in [4.69, 9.17) is 21.1 Å². The highest BCUT2D eigenvalue weighted by Crippen LogP contribution is 2.21. The van der Waals surface area contributed by atoms with Crippen molar-refractivity contribution in [1.29, 1.82) is 0 Å². The van der Waals surface area contributed by atoms with Crippen molar-refractivity contribution in [2.24, 2.45) is 0 Å². The molecule has 0 bridgehead atoms. The van der Waals surface area contributed by atoms with Gasteiger partial charge in [-0.25, -0.2) is 0 Å². The molecule has 2 atom stereocenters. The number of rotatable bonds is 7. The number of nitrogens with one attached hydrogen (secondary N) is 1. The van der Waals surface area contributed by atoms with Gasteiger partial charge in [-0.15, -0.1) is 0 Å². The summed E-state index contributed by atoms with van der Waals surface area (Å²) in [5.41, 5.74) is 1.03. The highest BCUT2D eigenvalue weighted by atomic mass is 35.5. The number of halogens is 1. The number of carbonyl (C=O) groups is 1. The maximum absolute atomic E-state index is 12.4. The topological polar surface area (TPSA) is 47.6 Å². The predicted octanol–water partition coefficient (Wildman–Crippen LogP) is 4.38. The van der Waals surface area contributed by atoms with Gasteiger partial charge in [-0.05, 0) is 55.3 Å². The number of hydrogen-bond donors (Lipinski definition) is 1. The molecule has 0 heterocycles. The molecule has 0 aliphatic rings. The van der Waals surface area contributed by atoms with Gasteiger partial charge in [0.2, 0.25) is 0 Å². The van der Waals surface area contributed by atoms with Gasteiger partial charge in [-0.3, -0.25) is 4.79 Å². The van der Waals surface area contributed by atoms with Crippen LogP contribution >= 0.6 is 11.6 Å². The van der Waals surface area contributed by atoms with Crippen molar-refractivity contribution < 1.29 is 14.3 Å². The summed E-state index contributed by atoms with van der Waals surface area (Å²) in [5, 5.41) is 3.65. The molecule has 5 heteroatoms. The summed E-state index contributed by atoms with van der Waals surface area (Å²) in [5.74, 6) is 1.24. The molecule has 4 nitrogen and oxygen atoms in total. The fourth-order valence-electron chi connectivity index (χ4n) is 2.32. The third kappa shape index (κ3) is 4.90. The van der Waals surface area contributed by atoms with Crippen LogP contribution in [0.15, 0.2) is 48.5 Å². The minimum atomic E-state index is -0.599. The number of benzene rings is 2. The Hall–Kier alpha value is -2.20. The van der Waals surface area contributed by atoms with Gasteiger partial charge in [0, 0.05) is 5.02 Å². The Bertz CT molecular complexity index is 655. The van der Waals surface area contributed by atoms with Crippen molar-refractivity contribution in [2.75, 3.05) is 7.11 Å². The van der Waals surface area contributed by atoms with Crippen molar-refractivity contribution in [3.63, 3.8) is 0 Å². The van der Waals surface area contributed by atoms with E-state index in [1.54, 1.807) is 38.3 Å². The largest absolute Gasteiger partial charge is 0.497 e. The molecule has 2 rings (SSSR count). The number of hydrogen-bond acceptors (Lipinski definition) is 3. The van der Waals surface area contributed by atoms with Crippen molar-refractivity contribution in [2.45, 2.75) is 32.4 Å². The molecule has 0 spiro atoms. The SMILES string of the molecule is CCC(NC(=O)C(C)Oc1ccc(Cl)cc1)c1ccc(OC)cc1. The lowest BCUT2D eigenvalue weighted by Gasteiger charge is -2.21. The van der Waals surface area contributed by atoms with E-state index in [0.717, 1.165) is 17.7 Å². The number of amides is 1. The van der Waals surface area contributed by atoms with Crippen molar-refractivity contribution in [1.82, 2.24) is 5.32 Å². The van der Waals surface area contributed by atoms with Gasteiger partial charge in [0.25, 0.3) is 5.91 Å². The molecule has 2 aromatic carbocycles. The summed E-state index contributed by atoms with van der Waals surface area (Å²) in [4.78, 5) is 12.4. The maximum Gasteiger partial charge on any atom is 0.261 e. The molecular formula is C19H22ClNO3. The van der Waals surface area contributed by atoms with E-state index in [1.807, 2.05) is 31.2 Å². The lowest BCUT2D eigenvalue weighted by atomic mass is 10.0. The smallest absolute Gasteiger partial charge is 0.261 e. The molecule has 2 unspecified atom stereocenters. The molecule has 24 heavy (non-hydrogen) atoms. The van der Waals surface area contributed by atoms with Crippen LogP contribution in [0.1, 0.15) is 31.9 Å². The van der Waals surface area contributed by atoms with E-state index in [2.05, 4.69) is 5.32 Å². The van der Waals surface area contributed by atoms with Gasteiger partial charge in [-0.1, -0.05) is 30.7 Å². The molecule has 0 radical (unpaired) electrons. The molecule has 0 saturated carbocycles. The fourth-order valence-corrected chi connectivity index (χ4v) is 2.44. The van der Waals surface area contributed by atoms with Gasteiger partial charge in [0.05, 0.1) is 13.2 Å². The number of ether oxygens (including phenoxy) is 2. The monoisotopic (exact) mass is 347 g/mol. The van der Waals surface area contributed by atoms with Crippen molar-refractivity contribution in [3.8, 4) is 11.5 Å². The fraction of sp³-hybridized carbons (Fsp3) is 0.316. The first-order chi connectivity index (χ1) is 11.5. The summed E-state index contributed by atoms with van der Waals surface area (Å²) < 4.78 is 10.8. The summed E-state index contributed by atoms with van der Waals surface area (Å²) in [7, 11) is 1.63. The Balaban J connectivity index is 1.98. The van der Waals surface area contributed by atoms with Crippen LogP contribution in [-0.2, 0) is 4.79 Å². The second-order valence-electron chi connectivity index (χ2n) is 5.46. The molecule has 0 saturated heterocycles. The Morgan fingerprint density at radius 1 is 1.08 bits per heavy atom. The second-order valence-corrected chi connectivity index (χ2v) is 5.89. The maximum atomic E-state index is 12.4. The van der Waals surface area contributed by atoms with Gasteiger partial charge in [0.15, 0.2) is 6.10 Å². The second kappa shape index (κ2) is 8.60. The number of carbonyl (C=O) groups excluding carboxylic acids is 1. The summed E-state index contributed by atoms with van der Waals surface area (Å²) in [6.07, 6.45) is 0.185. The highest BCUT2D eigenvalue weighted by Gasteiger charge is 2.19. The summed E-state index contributed by atoms with van der Waals surface area (Å²) in [6.45, 7) is 3.75. The van der Waals surface area contributed by atoms with Gasteiger partial charge in [-0.2, -0.15) is 0 Å². The quantitative estimate of drug-likeness (QED) is 0.808. The molecule has 128 valence electrons. The lowest BCUT2D eigenvalue weighted by molar-refractivity contribution is -0.128. The molecule has 1 amide bonds. The first-order valence-corrected chi connectivity index (χ1v) is 8.27. The van der Waals surface area contributed by atoms with Crippen LogP contribution < -0.4 is 14.8 Å². The summed E-state index contributed by atoms with van der Waals surface area (Å²) in [6, 6.07) is 14.6. The van der Waals surface area contributed by atoms with Crippen molar-refractivity contribution >= 4 is 17.5 Å². The van der Waals surface area contributed by atoms with Crippen LogP contribution in [0.3, 0.4) is 0 Å². The van der Waals surface area contributed by atoms with Crippen molar-refractivity contribution in [3.05, 3.63) is 59.1 Å². The predicted molar refractivity (Wildman–Crippen MR) is 95.7 cm³/mol. The van der Waals surface area contributed by atoms with Crippen LogP contribution in [0.4, 0.5) is 0 Å². The minimum Gasteiger partial charge on any atom is -0.497 e. The first kappa shape index (κ1) is 18.1. The van der Waals surface area contributed by atoms with Gasteiger partial charge in [0.1, 0.15) is 11.5 Å². The van der Waals surface area contributed by atoms with E-state index >= 15 is 0 Å². The van der Waals surface area contributed by atoms with E-state index < -0.39 is 6.10 Å². The molecule has 0 aliphatic carbocycles. The average Bonchev–Trinajstić information content (AvgIpc) is 2.61. The average molecular weight is 348 g/mol. The Labute approximate surface area is 147 Å². The van der Waals surface area contributed by atoms with Crippen LogP contribution in [0.5, 0.6) is 11.5 Å². The standard InChI is InChI=1S/C19H22ClNO3/c1-4-18(14-5-9-16(23-3)10-6-14)21-19(22)13(2)24-17-11-7-15(20)8-12-17/h5-13,18H,4H2,1-3H3,(H,21,22). The molecule has 1 N–H and O–H groups in total. The molecule has 2 aromatic rings. The molecule has 0 aliphatic heterocycles. The van der Waals surface area contributed by atoms with Crippen LogP contribution in [-0.4, -0.2) is 19.1 Å². The van der Waals surface area contributed by atoms with Gasteiger partial charge >= 0.3 is 0 Å². The Morgan fingerprint density at radius 2 is 1.67 bits per heavy atom. The third-order valence-electron chi connectivity index (χ3n) is 3.74. The molecular weight excluding hydrogens is 326 g/mol. The zero-order chi connectivity index (χ0) is 17.5. The highest BCUT2D eigenvalue weighted by molar-refractivity contribution is 6.30. The molecule has 0 aromatic heterocycles. The Morgan fingerprint density at radius 3 is 2.21 bits per heavy atom. The lowest BCUT2D eigenvalue weighted by Crippen LogP contribution is -2.38. The van der Waals surface area contributed by atoms with Crippen LogP contribution in [0.25, 0.3) is 0 Å². The normalized spacial score (nSPS) is 13.0. The van der Waals surface area contributed by atoms with E-state index in [0.29, 0.717) is 10.8 Å². The number of methoxy groups -OCH3 is 1.